The number of rotatable bonds is 3. The monoisotopic (exact) mass is 383 g/mol. The predicted octanol–water partition coefficient (Wildman–Crippen LogP) is 4.39. The third kappa shape index (κ3) is 4.27. The summed E-state index contributed by atoms with van der Waals surface area (Å²) < 4.78 is 0. The van der Waals surface area contributed by atoms with Crippen LogP contribution in [0.5, 0.6) is 0 Å². The van der Waals surface area contributed by atoms with Crippen molar-refractivity contribution in [3.63, 3.8) is 0 Å². The quantitative estimate of drug-likeness (QED) is 0.447. The van der Waals surface area contributed by atoms with Crippen LogP contribution >= 0.6 is 12.2 Å². The number of para-hydroxylation sites is 2. The smallest absolute Gasteiger partial charge is 0.292 e. The van der Waals surface area contributed by atoms with Gasteiger partial charge in [0.05, 0.1) is 4.92 Å². The van der Waals surface area contributed by atoms with Crippen LogP contribution in [0.3, 0.4) is 0 Å². The van der Waals surface area contributed by atoms with Crippen molar-refractivity contribution < 1.29 is 4.92 Å². The summed E-state index contributed by atoms with van der Waals surface area (Å²) in [6.45, 7) is 9.53. The molecule has 0 aliphatic carbocycles. The molecule has 0 radical (unpaired) electrons. The Morgan fingerprint density at radius 3 is 2.15 bits per heavy atom. The highest BCUT2D eigenvalue weighted by atomic mass is 32.1. The van der Waals surface area contributed by atoms with E-state index >= 15 is 0 Å². The van der Waals surface area contributed by atoms with Gasteiger partial charge in [0, 0.05) is 37.8 Å². The molecule has 6 heteroatoms. The highest BCUT2D eigenvalue weighted by molar-refractivity contribution is 7.80. The van der Waals surface area contributed by atoms with E-state index in [9.17, 15) is 10.1 Å². The maximum atomic E-state index is 11.3. The first-order valence-corrected chi connectivity index (χ1v) is 9.56. The molecular weight excluding hydrogens is 358 g/mol. The third-order valence-corrected chi connectivity index (χ3v) is 5.48. The van der Waals surface area contributed by atoms with Gasteiger partial charge in [-0.3, -0.25) is 10.1 Å². The van der Waals surface area contributed by atoms with Crippen LogP contribution in [0, 0.1) is 10.1 Å². The van der Waals surface area contributed by atoms with Gasteiger partial charge in [0.2, 0.25) is 0 Å². The van der Waals surface area contributed by atoms with E-state index in [0.717, 1.165) is 23.6 Å². The second-order valence-corrected chi connectivity index (χ2v) is 8.24. The minimum atomic E-state index is -0.316. The van der Waals surface area contributed by atoms with Crippen molar-refractivity contribution in [2.45, 2.75) is 26.2 Å². The fourth-order valence-electron chi connectivity index (χ4n) is 3.33. The normalized spacial score (nSPS) is 14.9. The summed E-state index contributed by atoms with van der Waals surface area (Å²) in [6, 6.07) is 15.4. The molecule has 1 fully saturated rings. The summed E-state index contributed by atoms with van der Waals surface area (Å²) >= 11 is 5.70. The van der Waals surface area contributed by atoms with Gasteiger partial charge in [0.25, 0.3) is 5.69 Å². The maximum absolute atomic E-state index is 11.3. The number of piperazine rings is 1. The van der Waals surface area contributed by atoms with Crippen LogP contribution in [0.1, 0.15) is 31.9 Å². The molecule has 0 N–H and O–H groups in total. The third-order valence-electron chi connectivity index (χ3n) is 4.98. The lowest BCUT2D eigenvalue weighted by Gasteiger charge is -2.37. The Hall–Kier alpha value is -2.47. The van der Waals surface area contributed by atoms with E-state index in [2.05, 4.69) is 54.8 Å². The molecule has 27 heavy (non-hydrogen) atoms. The Labute approximate surface area is 165 Å². The van der Waals surface area contributed by atoms with Crippen molar-refractivity contribution >= 4 is 28.6 Å². The summed E-state index contributed by atoms with van der Waals surface area (Å²) in [5, 5.41) is 11.3. The average Bonchev–Trinajstić information content (AvgIpc) is 2.67. The van der Waals surface area contributed by atoms with Gasteiger partial charge in [-0.25, -0.2) is 0 Å². The van der Waals surface area contributed by atoms with Gasteiger partial charge in [-0.1, -0.05) is 69.4 Å². The van der Waals surface area contributed by atoms with E-state index in [-0.39, 0.29) is 16.0 Å². The lowest BCUT2D eigenvalue weighted by atomic mass is 9.87. The van der Waals surface area contributed by atoms with Crippen LogP contribution < -0.4 is 4.90 Å². The second-order valence-electron chi connectivity index (χ2n) is 7.85. The minimum Gasteiger partial charge on any atom is -0.362 e. The molecule has 1 aliphatic rings. The molecule has 0 bridgehead atoms. The number of hydrogen-bond donors (Lipinski definition) is 0. The minimum absolute atomic E-state index is 0.121. The van der Waals surface area contributed by atoms with Gasteiger partial charge in [-0.05, 0) is 17.0 Å². The van der Waals surface area contributed by atoms with Gasteiger partial charge in [-0.15, -0.1) is 0 Å². The van der Waals surface area contributed by atoms with E-state index in [1.807, 2.05) is 12.1 Å². The van der Waals surface area contributed by atoms with Crippen molar-refractivity contribution in [3.8, 4) is 0 Å². The van der Waals surface area contributed by atoms with E-state index in [4.69, 9.17) is 12.2 Å². The van der Waals surface area contributed by atoms with Crippen molar-refractivity contribution in [1.82, 2.24) is 4.90 Å². The molecule has 1 saturated heterocycles. The topological polar surface area (TPSA) is 49.6 Å². The summed E-state index contributed by atoms with van der Waals surface area (Å²) in [7, 11) is 0. The van der Waals surface area contributed by atoms with E-state index < -0.39 is 0 Å². The zero-order valence-corrected chi connectivity index (χ0v) is 16.8. The van der Waals surface area contributed by atoms with Crippen LogP contribution in [0.2, 0.25) is 0 Å². The molecule has 2 aromatic rings. The fourth-order valence-corrected chi connectivity index (χ4v) is 3.65. The van der Waals surface area contributed by atoms with Crippen LogP contribution in [0.15, 0.2) is 48.5 Å². The molecule has 5 nitrogen and oxygen atoms in total. The number of hydrogen-bond acceptors (Lipinski definition) is 4. The van der Waals surface area contributed by atoms with Gasteiger partial charge in [0.1, 0.15) is 10.7 Å². The first-order chi connectivity index (χ1) is 12.8. The number of anilines is 1. The van der Waals surface area contributed by atoms with E-state index in [0.29, 0.717) is 18.8 Å². The number of thiocarbonyl (C=S) groups is 1. The molecule has 0 unspecified atom stereocenters. The van der Waals surface area contributed by atoms with Crippen LogP contribution in [0.4, 0.5) is 11.4 Å². The Morgan fingerprint density at radius 2 is 1.59 bits per heavy atom. The maximum Gasteiger partial charge on any atom is 0.292 e. The second kappa shape index (κ2) is 7.64. The van der Waals surface area contributed by atoms with Crippen molar-refractivity contribution in [2.24, 2.45) is 0 Å². The van der Waals surface area contributed by atoms with E-state index in [1.54, 1.807) is 12.1 Å². The Bertz CT molecular complexity index is 835. The lowest BCUT2D eigenvalue weighted by Crippen LogP contribution is -2.48. The molecule has 0 amide bonds. The van der Waals surface area contributed by atoms with Gasteiger partial charge < -0.3 is 9.80 Å². The standard InChI is InChI=1S/C21H25N3O2S/c1-21(2,3)17-10-8-16(9-11-17)20(27)23-14-12-22(13-15-23)18-6-4-5-7-19(18)24(25)26/h4-11H,12-15H2,1-3H3. The predicted molar refractivity (Wildman–Crippen MR) is 114 cm³/mol. The van der Waals surface area contributed by atoms with Crippen molar-refractivity contribution in [3.05, 3.63) is 69.8 Å². The number of nitro groups is 1. The van der Waals surface area contributed by atoms with Crippen LogP contribution in [-0.2, 0) is 5.41 Å². The zero-order chi connectivity index (χ0) is 19.6. The average molecular weight is 384 g/mol. The van der Waals surface area contributed by atoms with Crippen molar-refractivity contribution in [1.29, 1.82) is 0 Å². The Morgan fingerprint density at radius 1 is 1.00 bits per heavy atom. The highest BCUT2D eigenvalue weighted by Crippen LogP contribution is 2.29. The molecule has 1 aliphatic heterocycles. The SMILES string of the molecule is CC(C)(C)c1ccc(C(=S)N2CCN(c3ccccc3[N+](=O)[O-])CC2)cc1. The fraction of sp³-hybridized carbons (Fsp3) is 0.381. The molecule has 142 valence electrons. The number of nitro benzene ring substituents is 1. The Balaban J connectivity index is 1.67. The van der Waals surface area contributed by atoms with Crippen LogP contribution in [-0.4, -0.2) is 41.0 Å². The van der Waals surface area contributed by atoms with Crippen molar-refractivity contribution in [2.75, 3.05) is 31.1 Å². The summed E-state index contributed by atoms with van der Waals surface area (Å²) in [6.07, 6.45) is 0. The van der Waals surface area contributed by atoms with Gasteiger partial charge >= 0.3 is 0 Å². The Kier molecular flexibility index (Phi) is 5.46. The molecule has 3 rings (SSSR count). The molecule has 1 heterocycles. The summed E-state index contributed by atoms with van der Waals surface area (Å²) in [5.74, 6) is 0. The molecule has 0 spiro atoms. The van der Waals surface area contributed by atoms with Gasteiger partial charge in [0.15, 0.2) is 0 Å². The summed E-state index contributed by atoms with van der Waals surface area (Å²) in [5.41, 5.74) is 3.30. The largest absolute Gasteiger partial charge is 0.362 e. The number of nitrogens with zero attached hydrogens (tertiary/aromatic N) is 3. The number of benzene rings is 2. The van der Waals surface area contributed by atoms with E-state index in [1.165, 1.54) is 5.56 Å². The molecule has 0 saturated carbocycles. The van der Waals surface area contributed by atoms with Gasteiger partial charge in [-0.2, -0.15) is 0 Å². The molecule has 2 aromatic carbocycles. The zero-order valence-electron chi connectivity index (χ0n) is 16.0. The first-order valence-electron chi connectivity index (χ1n) is 9.15. The molecule has 0 atom stereocenters. The van der Waals surface area contributed by atoms with Crippen LogP contribution in [0.25, 0.3) is 0 Å². The molecular formula is C21H25N3O2S. The lowest BCUT2D eigenvalue weighted by molar-refractivity contribution is -0.384. The molecule has 0 aromatic heterocycles. The highest BCUT2D eigenvalue weighted by Gasteiger charge is 2.24. The first kappa shape index (κ1) is 19.3. The summed E-state index contributed by atoms with van der Waals surface area (Å²) in [4.78, 5) is 16.1.